The van der Waals surface area contributed by atoms with E-state index in [2.05, 4.69) is 37.7 Å². The normalized spacial score (nSPS) is 14.6. The zero-order valence-electron chi connectivity index (χ0n) is 19.7. The van der Waals surface area contributed by atoms with Crippen LogP contribution < -0.4 is 4.74 Å². The summed E-state index contributed by atoms with van der Waals surface area (Å²) in [5, 5.41) is 20.1. The van der Waals surface area contributed by atoms with Gasteiger partial charge in [0, 0.05) is 17.7 Å². The summed E-state index contributed by atoms with van der Waals surface area (Å²) in [5.41, 5.74) is 6.03. The van der Waals surface area contributed by atoms with Crippen molar-refractivity contribution in [1.82, 2.24) is 40.2 Å². The summed E-state index contributed by atoms with van der Waals surface area (Å²) in [6.07, 6.45) is 9.82. The number of aryl methyl sites for hydroxylation is 2. The molecular formula is C25H26N8OS. The van der Waals surface area contributed by atoms with Gasteiger partial charge in [-0.25, -0.2) is 19.6 Å². The number of thiazole rings is 1. The van der Waals surface area contributed by atoms with Crippen molar-refractivity contribution in [3.05, 3.63) is 57.9 Å². The minimum atomic E-state index is 0.429. The van der Waals surface area contributed by atoms with Gasteiger partial charge in [0.05, 0.1) is 33.0 Å². The van der Waals surface area contributed by atoms with Gasteiger partial charge in [-0.15, -0.1) is 16.4 Å². The Morgan fingerprint density at radius 1 is 1.06 bits per heavy atom. The van der Waals surface area contributed by atoms with Gasteiger partial charge >= 0.3 is 0 Å². The number of benzene rings is 1. The van der Waals surface area contributed by atoms with Crippen molar-refractivity contribution in [2.45, 2.75) is 58.5 Å². The molecule has 0 amide bonds. The van der Waals surface area contributed by atoms with Gasteiger partial charge in [0.15, 0.2) is 11.5 Å². The van der Waals surface area contributed by atoms with Gasteiger partial charge in [-0.2, -0.15) is 5.10 Å². The minimum absolute atomic E-state index is 0.429. The van der Waals surface area contributed by atoms with Gasteiger partial charge in [-0.3, -0.25) is 0 Å². The summed E-state index contributed by atoms with van der Waals surface area (Å²) in [7, 11) is 0. The maximum Gasteiger partial charge on any atom is 0.184 e. The molecular weight excluding hydrogens is 460 g/mol. The van der Waals surface area contributed by atoms with Crippen molar-refractivity contribution in [3.8, 4) is 28.3 Å². The summed E-state index contributed by atoms with van der Waals surface area (Å²) in [6, 6.07) is 8.28. The first kappa shape index (κ1) is 21.8. The molecule has 35 heavy (non-hydrogen) atoms. The van der Waals surface area contributed by atoms with Crippen LogP contribution in [0.4, 0.5) is 0 Å². The summed E-state index contributed by atoms with van der Waals surface area (Å²) in [6.45, 7) is 4.58. The van der Waals surface area contributed by atoms with Crippen LogP contribution in [0.5, 0.6) is 5.75 Å². The summed E-state index contributed by atoms with van der Waals surface area (Å²) in [4.78, 5) is 10.4. The predicted octanol–water partition coefficient (Wildman–Crippen LogP) is 5.28. The van der Waals surface area contributed by atoms with E-state index in [9.17, 15) is 0 Å². The van der Waals surface area contributed by atoms with Gasteiger partial charge in [-0.1, -0.05) is 31.4 Å². The topological polar surface area (TPSA) is 107 Å². The van der Waals surface area contributed by atoms with Gasteiger partial charge in [0.2, 0.25) is 0 Å². The maximum absolute atomic E-state index is 6.05. The zero-order valence-corrected chi connectivity index (χ0v) is 20.5. The van der Waals surface area contributed by atoms with Crippen molar-refractivity contribution >= 4 is 17.0 Å². The smallest absolute Gasteiger partial charge is 0.184 e. The highest BCUT2D eigenvalue weighted by Gasteiger charge is 2.25. The first-order valence-electron chi connectivity index (χ1n) is 11.9. The van der Waals surface area contributed by atoms with E-state index in [0.29, 0.717) is 18.3 Å². The maximum atomic E-state index is 6.05. The van der Waals surface area contributed by atoms with Crippen LogP contribution in [0, 0.1) is 13.8 Å². The number of hydrogen-bond acceptors (Lipinski definition) is 8. The quantitative estimate of drug-likeness (QED) is 0.348. The van der Waals surface area contributed by atoms with Crippen LogP contribution in [0.1, 0.15) is 59.3 Å². The predicted molar refractivity (Wildman–Crippen MR) is 133 cm³/mol. The van der Waals surface area contributed by atoms with Crippen LogP contribution >= 0.6 is 11.3 Å². The van der Waals surface area contributed by atoms with Crippen LogP contribution in [-0.4, -0.2) is 40.2 Å². The summed E-state index contributed by atoms with van der Waals surface area (Å²) in [5.74, 6) is 1.84. The second-order valence-electron chi connectivity index (χ2n) is 8.99. The van der Waals surface area contributed by atoms with Gasteiger partial charge < -0.3 is 4.74 Å². The molecule has 4 heterocycles. The Labute approximate surface area is 206 Å². The van der Waals surface area contributed by atoms with Crippen molar-refractivity contribution in [2.24, 2.45) is 0 Å². The number of ether oxygens (including phenoxy) is 1. The lowest BCUT2D eigenvalue weighted by Crippen LogP contribution is -2.12. The number of tetrazole rings is 1. The second-order valence-corrected chi connectivity index (χ2v) is 10.3. The standard InChI is InChI=1S/C25H26N8OS/c1-15-22(35-16(2)28-15)14-34-19-10-8-17(9-11-19)20-12-26-25-21(24-29-31-32-30-24)13-27-33(25)23(20)18-6-4-3-5-7-18/h8-13,18H,3-7,14H2,1-2H3,(H,29,30,31,32). The Balaban J connectivity index is 1.35. The number of fused-ring (bicyclic) bond motifs is 1. The molecule has 4 aromatic heterocycles. The summed E-state index contributed by atoms with van der Waals surface area (Å²) < 4.78 is 8.04. The van der Waals surface area contributed by atoms with Crippen molar-refractivity contribution in [3.63, 3.8) is 0 Å². The molecule has 1 N–H and O–H groups in total. The Morgan fingerprint density at radius 2 is 1.89 bits per heavy atom. The highest BCUT2D eigenvalue weighted by molar-refractivity contribution is 7.11. The monoisotopic (exact) mass is 486 g/mol. The Kier molecular flexibility index (Phi) is 5.73. The molecule has 9 nitrogen and oxygen atoms in total. The van der Waals surface area contributed by atoms with Crippen LogP contribution in [0.2, 0.25) is 0 Å². The van der Waals surface area contributed by atoms with Crippen LogP contribution in [0.3, 0.4) is 0 Å². The van der Waals surface area contributed by atoms with Crippen LogP contribution in [0.25, 0.3) is 28.2 Å². The van der Waals surface area contributed by atoms with E-state index in [1.807, 2.05) is 36.7 Å². The van der Waals surface area contributed by atoms with E-state index in [0.717, 1.165) is 56.5 Å². The third-order valence-corrected chi connectivity index (χ3v) is 7.74. The largest absolute Gasteiger partial charge is 0.488 e. The SMILES string of the molecule is Cc1nc(C)c(COc2ccc(-c3cnc4c(-c5nnn[nH]5)cnn4c3C3CCCCC3)cc2)s1. The Bertz CT molecular complexity index is 1450. The average molecular weight is 487 g/mol. The highest BCUT2D eigenvalue weighted by atomic mass is 32.1. The molecule has 0 aliphatic heterocycles. The van der Waals surface area contributed by atoms with E-state index < -0.39 is 0 Å². The fourth-order valence-electron chi connectivity index (χ4n) is 4.97. The number of nitrogens with one attached hydrogen (secondary N) is 1. The van der Waals surface area contributed by atoms with Gasteiger partial charge in [0.1, 0.15) is 12.4 Å². The molecule has 0 radical (unpaired) electrons. The number of hydrogen-bond donors (Lipinski definition) is 1. The van der Waals surface area contributed by atoms with Crippen LogP contribution in [0.15, 0.2) is 36.7 Å². The number of rotatable bonds is 6. The van der Waals surface area contributed by atoms with Crippen molar-refractivity contribution < 1.29 is 4.74 Å². The van der Waals surface area contributed by atoms with Gasteiger partial charge in [-0.05, 0) is 54.8 Å². The lowest BCUT2D eigenvalue weighted by atomic mass is 9.84. The molecule has 1 aliphatic rings. The molecule has 10 heteroatoms. The molecule has 0 saturated heterocycles. The number of H-pyrrole nitrogens is 1. The van der Waals surface area contributed by atoms with E-state index in [1.54, 1.807) is 17.5 Å². The molecule has 1 saturated carbocycles. The molecule has 178 valence electrons. The fraction of sp³-hybridized carbons (Fsp3) is 0.360. The molecule has 0 spiro atoms. The first-order valence-corrected chi connectivity index (χ1v) is 12.8. The van der Waals surface area contributed by atoms with E-state index >= 15 is 0 Å². The molecule has 6 rings (SSSR count). The van der Waals surface area contributed by atoms with E-state index in [4.69, 9.17) is 14.8 Å². The minimum Gasteiger partial charge on any atom is -0.488 e. The molecule has 0 unspecified atom stereocenters. The first-order chi connectivity index (χ1) is 17.2. The zero-order chi connectivity index (χ0) is 23.8. The third-order valence-electron chi connectivity index (χ3n) is 6.69. The average Bonchev–Trinajstić information content (AvgIpc) is 3.63. The highest BCUT2D eigenvalue weighted by Crippen LogP contribution is 2.39. The molecule has 5 aromatic rings. The molecule has 1 aromatic carbocycles. The molecule has 1 aliphatic carbocycles. The lowest BCUT2D eigenvalue weighted by Gasteiger charge is -2.25. The lowest BCUT2D eigenvalue weighted by molar-refractivity contribution is 0.309. The number of aromatic nitrogens is 8. The van der Waals surface area contributed by atoms with Crippen LogP contribution in [-0.2, 0) is 6.61 Å². The third kappa shape index (κ3) is 4.18. The fourth-order valence-corrected chi connectivity index (χ4v) is 5.82. The second kappa shape index (κ2) is 9.18. The Morgan fingerprint density at radius 3 is 2.60 bits per heavy atom. The van der Waals surface area contributed by atoms with Gasteiger partial charge in [0.25, 0.3) is 0 Å². The van der Waals surface area contributed by atoms with Crippen molar-refractivity contribution in [1.29, 1.82) is 0 Å². The van der Waals surface area contributed by atoms with E-state index in [-0.39, 0.29) is 0 Å². The Hall–Kier alpha value is -3.66. The van der Waals surface area contributed by atoms with E-state index in [1.165, 1.54) is 25.0 Å². The molecule has 0 atom stereocenters. The molecule has 1 fully saturated rings. The molecule has 0 bridgehead atoms. The summed E-state index contributed by atoms with van der Waals surface area (Å²) >= 11 is 1.68. The van der Waals surface area contributed by atoms with Crippen molar-refractivity contribution in [2.75, 3.05) is 0 Å². The number of nitrogens with zero attached hydrogens (tertiary/aromatic N) is 7. The number of aromatic amines is 1.